The molecule has 0 saturated heterocycles. The smallest absolute Gasteiger partial charge is 0.333 e. The lowest BCUT2D eigenvalue weighted by atomic mass is 10.1. The van der Waals surface area contributed by atoms with Crippen LogP contribution in [0.1, 0.15) is 32.3 Å². The Morgan fingerprint density at radius 1 is 1.12 bits per heavy atom. The van der Waals surface area contributed by atoms with Crippen molar-refractivity contribution in [3.05, 3.63) is 29.3 Å². The maximum Gasteiger partial charge on any atom is 0.333 e. The highest BCUT2D eigenvalue weighted by Gasteiger charge is 2.10. The molecule has 0 amide bonds. The summed E-state index contributed by atoms with van der Waals surface area (Å²) in [5, 5.41) is 0. The second-order valence-electron chi connectivity index (χ2n) is 5.12. The van der Waals surface area contributed by atoms with Crippen LogP contribution in [0.4, 0.5) is 0 Å². The summed E-state index contributed by atoms with van der Waals surface area (Å²) in [7, 11) is 3.09. The molecule has 24 heavy (non-hydrogen) atoms. The summed E-state index contributed by atoms with van der Waals surface area (Å²) in [6.07, 6.45) is 3.53. The molecule has 0 heterocycles. The fraction of sp³-hybridized carbons (Fsp3) is 0.500. The number of ether oxygens (including phenoxy) is 5. The molecule has 0 atom stereocenters. The van der Waals surface area contributed by atoms with Gasteiger partial charge in [0.25, 0.3) is 0 Å². The van der Waals surface area contributed by atoms with Crippen LogP contribution in [-0.2, 0) is 19.0 Å². The average Bonchev–Trinajstić information content (AvgIpc) is 2.59. The summed E-state index contributed by atoms with van der Waals surface area (Å²) >= 11 is 0. The predicted octanol–water partition coefficient (Wildman–Crippen LogP) is 3.40. The van der Waals surface area contributed by atoms with Gasteiger partial charge in [0.15, 0.2) is 13.6 Å². The first kappa shape index (κ1) is 20.0. The van der Waals surface area contributed by atoms with E-state index < -0.39 is 0 Å². The van der Waals surface area contributed by atoms with Gasteiger partial charge in [-0.1, -0.05) is 13.3 Å². The molecule has 1 aromatic carbocycles. The molecule has 0 fully saturated rings. The van der Waals surface area contributed by atoms with E-state index in [2.05, 4.69) is 0 Å². The molecule has 1 aromatic rings. The Bertz CT molecular complexity index is 538. The van der Waals surface area contributed by atoms with Gasteiger partial charge >= 0.3 is 5.97 Å². The van der Waals surface area contributed by atoms with Crippen LogP contribution in [-0.4, -0.2) is 40.4 Å². The van der Waals surface area contributed by atoms with Crippen LogP contribution in [0.5, 0.6) is 11.5 Å². The summed E-state index contributed by atoms with van der Waals surface area (Å²) in [6, 6.07) is 5.29. The number of carbonyl (C=O) groups excluding carboxylic acids is 1. The molecule has 134 valence electrons. The van der Waals surface area contributed by atoms with Crippen molar-refractivity contribution in [1.82, 2.24) is 0 Å². The summed E-state index contributed by atoms with van der Waals surface area (Å²) in [5.74, 6) is 0.853. The minimum Gasteiger partial charge on any atom is -0.468 e. The van der Waals surface area contributed by atoms with E-state index >= 15 is 0 Å². The highest BCUT2D eigenvalue weighted by atomic mass is 16.7. The number of methoxy groups -OCH3 is 2. The summed E-state index contributed by atoms with van der Waals surface area (Å²) in [6.45, 7) is 4.42. The number of hydrogen-bond acceptors (Lipinski definition) is 6. The molecule has 0 aliphatic rings. The van der Waals surface area contributed by atoms with Crippen molar-refractivity contribution in [2.75, 3.05) is 34.4 Å². The Morgan fingerprint density at radius 2 is 1.83 bits per heavy atom. The van der Waals surface area contributed by atoms with E-state index in [0.717, 1.165) is 12.8 Å². The molecule has 6 nitrogen and oxygen atoms in total. The zero-order chi connectivity index (χ0) is 17.8. The number of unbranched alkanes of at least 4 members (excludes halogenated alkanes) is 1. The van der Waals surface area contributed by atoms with Gasteiger partial charge in [0.2, 0.25) is 0 Å². The Kier molecular flexibility index (Phi) is 9.56. The third-order valence-electron chi connectivity index (χ3n) is 3.08. The minimum atomic E-state index is -0.343. The van der Waals surface area contributed by atoms with Crippen molar-refractivity contribution in [2.24, 2.45) is 0 Å². The summed E-state index contributed by atoms with van der Waals surface area (Å²) in [4.78, 5) is 12.0. The van der Waals surface area contributed by atoms with Crippen molar-refractivity contribution in [3.63, 3.8) is 0 Å². The Morgan fingerprint density at radius 3 is 2.50 bits per heavy atom. The molecule has 0 aliphatic carbocycles. The number of carbonyl (C=O) groups is 1. The number of esters is 1. The fourth-order valence-corrected chi connectivity index (χ4v) is 1.83. The predicted molar refractivity (Wildman–Crippen MR) is 91.0 cm³/mol. The van der Waals surface area contributed by atoms with Crippen LogP contribution >= 0.6 is 0 Å². The molecule has 0 aromatic heterocycles. The van der Waals surface area contributed by atoms with Gasteiger partial charge in [-0.25, -0.2) is 4.79 Å². The third kappa shape index (κ3) is 7.02. The number of hydrogen-bond donors (Lipinski definition) is 0. The van der Waals surface area contributed by atoms with Gasteiger partial charge in [0.05, 0.1) is 6.61 Å². The van der Waals surface area contributed by atoms with Crippen LogP contribution in [0, 0.1) is 0 Å². The van der Waals surface area contributed by atoms with Gasteiger partial charge in [-0.15, -0.1) is 0 Å². The SMILES string of the molecule is CCCCOC(=O)/C(C)=C\c1cc(OCOC)ccc1OCOC. The van der Waals surface area contributed by atoms with Crippen LogP contribution in [0.15, 0.2) is 23.8 Å². The average molecular weight is 338 g/mol. The van der Waals surface area contributed by atoms with E-state index in [1.807, 2.05) is 6.92 Å². The van der Waals surface area contributed by atoms with Gasteiger partial charge in [-0.05, 0) is 37.6 Å². The molecule has 0 unspecified atom stereocenters. The first-order valence-corrected chi connectivity index (χ1v) is 7.85. The molecule has 6 heteroatoms. The van der Waals surface area contributed by atoms with Crippen LogP contribution in [0.25, 0.3) is 6.08 Å². The van der Waals surface area contributed by atoms with Crippen molar-refractivity contribution >= 4 is 12.0 Å². The zero-order valence-electron chi connectivity index (χ0n) is 14.8. The molecule has 0 spiro atoms. The summed E-state index contributed by atoms with van der Waals surface area (Å²) < 4.78 is 26.0. The zero-order valence-corrected chi connectivity index (χ0v) is 14.8. The van der Waals surface area contributed by atoms with Gasteiger partial charge in [0.1, 0.15) is 11.5 Å². The number of rotatable bonds is 11. The van der Waals surface area contributed by atoms with Gasteiger partial charge in [-0.2, -0.15) is 0 Å². The standard InChI is InChI=1S/C18H26O6/c1-5-6-9-22-18(19)14(2)10-15-11-16(23-12-20-3)7-8-17(15)24-13-21-4/h7-8,10-11H,5-6,9,12-13H2,1-4H3/b14-10-. The normalized spacial score (nSPS) is 11.2. The van der Waals surface area contributed by atoms with Crippen LogP contribution in [0.3, 0.4) is 0 Å². The summed E-state index contributed by atoms with van der Waals surface area (Å²) in [5.41, 5.74) is 1.18. The van der Waals surface area contributed by atoms with Gasteiger partial charge < -0.3 is 23.7 Å². The van der Waals surface area contributed by atoms with E-state index in [0.29, 0.717) is 29.2 Å². The van der Waals surface area contributed by atoms with Crippen molar-refractivity contribution in [2.45, 2.75) is 26.7 Å². The quantitative estimate of drug-likeness (QED) is 0.267. The van der Waals surface area contributed by atoms with E-state index in [1.165, 1.54) is 0 Å². The second kappa shape index (κ2) is 11.5. The first-order chi connectivity index (χ1) is 11.6. The fourth-order valence-electron chi connectivity index (χ4n) is 1.83. The molecular weight excluding hydrogens is 312 g/mol. The molecular formula is C18H26O6. The largest absolute Gasteiger partial charge is 0.468 e. The van der Waals surface area contributed by atoms with Crippen LogP contribution in [0.2, 0.25) is 0 Å². The Labute approximate surface area is 143 Å². The van der Waals surface area contributed by atoms with E-state index in [4.69, 9.17) is 23.7 Å². The maximum absolute atomic E-state index is 12.0. The molecule has 0 saturated carbocycles. The second-order valence-corrected chi connectivity index (χ2v) is 5.12. The highest BCUT2D eigenvalue weighted by molar-refractivity contribution is 5.93. The number of benzene rings is 1. The molecule has 1 rings (SSSR count). The molecule has 0 bridgehead atoms. The molecule has 0 radical (unpaired) electrons. The maximum atomic E-state index is 12.0. The minimum absolute atomic E-state index is 0.110. The van der Waals surface area contributed by atoms with E-state index in [-0.39, 0.29) is 19.6 Å². The van der Waals surface area contributed by atoms with Gasteiger partial charge in [0, 0.05) is 25.4 Å². The molecule has 0 aliphatic heterocycles. The monoisotopic (exact) mass is 338 g/mol. The van der Waals surface area contributed by atoms with Crippen molar-refractivity contribution < 1.29 is 28.5 Å². The Balaban J connectivity index is 2.93. The topological polar surface area (TPSA) is 63.2 Å². The van der Waals surface area contributed by atoms with Crippen LogP contribution < -0.4 is 9.47 Å². The lowest BCUT2D eigenvalue weighted by molar-refractivity contribution is -0.138. The van der Waals surface area contributed by atoms with Gasteiger partial charge in [-0.3, -0.25) is 0 Å². The van der Waals surface area contributed by atoms with E-state index in [9.17, 15) is 4.79 Å². The highest BCUT2D eigenvalue weighted by Crippen LogP contribution is 2.27. The lowest BCUT2D eigenvalue weighted by Gasteiger charge is -2.12. The van der Waals surface area contributed by atoms with E-state index in [1.54, 1.807) is 45.4 Å². The lowest BCUT2D eigenvalue weighted by Crippen LogP contribution is -2.07. The van der Waals surface area contributed by atoms with Crippen molar-refractivity contribution in [1.29, 1.82) is 0 Å². The Hall–Kier alpha value is -2.05. The first-order valence-electron chi connectivity index (χ1n) is 7.85. The molecule has 0 N–H and O–H groups in total. The third-order valence-corrected chi connectivity index (χ3v) is 3.08. The van der Waals surface area contributed by atoms with Crippen molar-refractivity contribution in [3.8, 4) is 11.5 Å².